The van der Waals surface area contributed by atoms with Crippen molar-refractivity contribution < 1.29 is 0 Å². The van der Waals surface area contributed by atoms with Crippen LogP contribution in [0.25, 0.3) is 11.2 Å². The summed E-state index contributed by atoms with van der Waals surface area (Å²) in [6, 6.07) is 0. The molecule has 0 aromatic carbocycles. The van der Waals surface area contributed by atoms with Crippen molar-refractivity contribution in [3.05, 3.63) is 23.0 Å². The van der Waals surface area contributed by atoms with Crippen molar-refractivity contribution in [3.63, 3.8) is 0 Å². The van der Waals surface area contributed by atoms with Gasteiger partial charge in [0.1, 0.15) is 6.33 Å². The third kappa shape index (κ3) is 1.97. The molecule has 5 nitrogen and oxygen atoms in total. The smallest absolute Gasteiger partial charge is 0.280 e. The molecule has 6 heteroatoms. The van der Waals surface area contributed by atoms with Gasteiger partial charge in [0.05, 0.1) is 11.9 Å². The third-order valence-corrected chi connectivity index (χ3v) is 3.78. The van der Waals surface area contributed by atoms with Crippen LogP contribution in [-0.4, -0.2) is 31.1 Å². The van der Waals surface area contributed by atoms with Crippen LogP contribution in [0.5, 0.6) is 0 Å². The highest BCUT2D eigenvalue weighted by Crippen LogP contribution is 2.18. The summed E-state index contributed by atoms with van der Waals surface area (Å²) in [5.74, 6) is 0.859. The number of hydrogen-bond acceptors (Lipinski definition) is 4. The number of aryl methyl sites for hydroxylation is 1. The number of rotatable bonds is 3. The molecule has 0 aliphatic rings. The zero-order chi connectivity index (χ0) is 12.6. The van der Waals surface area contributed by atoms with E-state index in [-0.39, 0.29) is 11.1 Å². The molecule has 0 amide bonds. The quantitative estimate of drug-likeness (QED) is 0.824. The van der Waals surface area contributed by atoms with Crippen LogP contribution in [0.4, 0.5) is 0 Å². The van der Waals surface area contributed by atoms with Crippen LogP contribution in [0.2, 0.25) is 0 Å². The number of thioether (sulfide) groups is 1. The third-order valence-electron chi connectivity index (χ3n) is 2.78. The molecule has 0 bridgehead atoms. The molecule has 2 rings (SSSR count). The van der Waals surface area contributed by atoms with Crippen molar-refractivity contribution in [1.29, 1.82) is 0 Å². The number of aromatic nitrogens is 4. The lowest BCUT2D eigenvalue weighted by Crippen LogP contribution is -2.38. The second-order valence-electron chi connectivity index (χ2n) is 4.69. The molecule has 0 aliphatic carbocycles. The predicted molar refractivity (Wildman–Crippen MR) is 70.5 cm³/mol. The molecule has 2 aromatic heterocycles. The number of imidazole rings is 1. The van der Waals surface area contributed by atoms with E-state index in [1.54, 1.807) is 33.6 Å². The molecular formula is C11H16N4OS. The molecule has 2 aromatic rings. The van der Waals surface area contributed by atoms with Crippen LogP contribution < -0.4 is 5.56 Å². The molecule has 0 aliphatic heterocycles. The van der Waals surface area contributed by atoms with E-state index >= 15 is 0 Å². The molecule has 0 atom stereocenters. The molecule has 0 saturated carbocycles. The van der Waals surface area contributed by atoms with Gasteiger partial charge in [0.25, 0.3) is 5.56 Å². The maximum atomic E-state index is 12.4. The van der Waals surface area contributed by atoms with Crippen molar-refractivity contribution in [2.24, 2.45) is 7.05 Å². The minimum atomic E-state index is -0.248. The van der Waals surface area contributed by atoms with Gasteiger partial charge in [-0.15, -0.1) is 0 Å². The van der Waals surface area contributed by atoms with Crippen molar-refractivity contribution in [2.75, 3.05) is 12.0 Å². The Labute approximate surface area is 104 Å². The van der Waals surface area contributed by atoms with Crippen molar-refractivity contribution in [1.82, 2.24) is 19.1 Å². The van der Waals surface area contributed by atoms with E-state index in [1.807, 2.05) is 27.2 Å². The molecule has 0 spiro atoms. The average Bonchev–Trinajstić information content (AvgIpc) is 2.61. The second-order valence-corrected chi connectivity index (χ2v) is 5.56. The van der Waals surface area contributed by atoms with Crippen LogP contribution in [0.1, 0.15) is 13.8 Å². The molecule has 0 N–H and O–H groups in total. The molecular weight excluding hydrogens is 236 g/mol. The lowest BCUT2D eigenvalue weighted by atomic mass is 10.1. The normalized spacial score (nSPS) is 12.2. The Morgan fingerprint density at radius 2 is 2.00 bits per heavy atom. The zero-order valence-corrected chi connectivity index (χ0v) is 11.3. The summed E-state index contributed by atoms with van der Waals surface area (Å²) in [7, 11) is 1.81. The van der Waals surface area contributed by atoms with Crippen LogP contribution >= 0.6 is 11.8 Å². The Kier molecular flexibility index (Phi) is 2.99. The Bertz CT molecular complexity index is 599. The average molecular weight is 252 g/mol. The molecule has 92 valence electrons. The highest BCUT2D eigenvalue weighted by Gasteiger charge is 2.22. The van der Waals surface area contributed by atoms with E-state index in [0.717, 1.165) is 5.75 Å². The van der Waals surface area contributed by atoms with E-state index in [0.29, 0.717) is 11.2 Å². The van der Waals surface area contributed by atoms with Crippen molar-refractivity contribution in [3.8, 4) is 0 Å². The van der Waals surface area contributed by atoms with Crippen LogP contribution in [0.15, 0.2) is 17.4 Å². The number of fused-ring (bicyclic) bond motifs is 1. The van der Waals surface area contributed by atoms with Crippen molar-refractivity contribution in [2.45, 2.75) is 19.4 Å². The Morgan fingerprint density at radius 1 is 1.35 bits per heavy atom. The Balaban J connectivity index is 2.68. The Morgan fingerprint density at radius 3 is 2.65 bits per heavy atom. The van der Waals surface area contributed by atoms with Gasteiger partial charge < -0.3 is 4.57 Å². The first-order chi connectivity index (χ1) is 7.97. The van der Waals surface area contributed by atoms with Gasteiger partial charge in [-0.1, -0.05) is 0 Å². The van der Waals surface area contributed by atoms with Gasteiger partial charge in [-0.3, -0.25) is 9.36 Å². The first-order valence-electron chi connectivity index (χ1n) is 5.35. The highest BCUT2D eigenvalue weighted by atomic mass is 32.2. The minimum Gasteiger partial charge on any atom is -0.328 e. The molecule has 0 unspecified atom stereocenters. The van der Waals surface area contributed by atoms with E-state index in [9.17, 15) is 4.79 Å². The predicted octanol–water partition coefficient (Wildman–Crippen LogP) is 1.23. The van der Waals surface area contributed by atoms with E-state index in [4.69, 9.17) is 0 Å². The molecule has 0 radical (unpaired) electrons. The standard InChI is InChI=1S/C11H16N4OS/c1-11(2,5-17-4)15-7-13-9-8(10(15)16)14(3)6-12-9/h6-7H,5H2,1-4H3. The largest absolute Gasteiger partial charge is 0.328 e. The summed E-state index contributed by atoms with van der Waals surface area (Å²) in [5, 5.41) is 0. The maximum absolute atomic E-state index is 12.4. The SMILES string of the molecule is CSCC(C)(C)n1cnc2ncn(C)c2c1=O. The number of hydrogen-bond donors (Lipinski definition) is 0. The van der Waals surface area contributed by atoms with Gasteiger partial charge in [0.2, 0.25) is 0 Å². The minimum absolute atomic E-state index is 0.0333. The monoisotopic (exact) mass is 252 g/mol. The summed E-state index contributed by atoms with van der Waals surface area (Å²) < 4.78 is 3.41. The topological polar surface area (TPSA) is 52.7 Å². The first kappa shape index (κ1) is 12.2. The van der Waals surface area contributed by atoms with Gasteiger partial charge in [-0.25, -0.2) is 9.97 Å². The lowest BCUT2D eigenvalue weighted by molar-refractivity contribution is 0.390. The maximum Gasteiger partial charge on any atom is 0.280 e. The number of nitrogens with zero attached hydrogens (tertiary/aromatic N) is 4. The van der Waals surface area contributed by atoms with Crippen LogP contribution in [0, 0.1) is 0 Å². The van der Waals surface area contributed by atoms with Gasteiger partial charge in [-0.2, -0.15) is 11.8 Å². The lowest BCUT2D eigenvalue weighted by Gasteiger charge is -2.26. The molecule has 2 heterocycles. The molecule has 0 saturated heterocycles. The summed E-state index contributed by atoms with van der Waals surface area (Å²) in [5.41, 5.74) is 0.784. The fourth-order valence-corrected chi connectivity index (χ4v) is 2.74. The summed E-state index contributed by atoms with van der Waals surface area (Å²) in [6.07, 6.45) is 5.24. The van der Waals surface area contributed by atoms with E-state index in [2.05, 4.69) is 9.97 Å². The first-order valence-corrected chi connectivity index (χ1v) is 6.75. The fraction of sp³-hybridized carbons (Fsp3) is 0.545. The van der Waals surface area contributed by atoms with E-state index < -0.39 is 0 Å². The van der Waals surface area contributed by atoms with Gasteiger partial charge in [0, 0.05) is 12.8 Å². The van der Waals surface area contributed by atoms with Crippen LogP contribution in [0.3, 0.4) is 0 Å². The summed E-state index contributed by atoms with van der Waals surface area (Å²) >= 11 is 1.71. The highest BCUT2D eigenvalue weighted by molar-refractivity contribution is 7.98. The molecule has 0 fully saturated rings. The van der Waals surface area contributed by atoms with Gasteiger partial charge >= 0.3 is 0 Å². The molecule has 17 heavy (non-hydrogen) atoms. The summed E-state index contributed by atoms with van der Waals surface area (Å²) in [4.78, 5) is 20.7. The zero-order valence-electron chi connectivity index (χ0n) is 10.5. The van der Waals surface area contributed by atoms with Gasteiger partial charge in [-0.05, 0) is 20.1 Å². The second kappa shape index (κ2) is 4.18. The Hall–Kier alpha value is -1.30. The van der Waals surface area contributed by atoms with Crippen molar-refractivity contribution >= 4 is 22.9 Å². The van der Waals surface area contributed by atoms with Crippen LogP contribution in [-0.2, 0) is 12.6 Å². The van der Waals surface area contributed by atoms with Gasteiger partial charge in [0.15, 0.2) is 11.2 Å². The summed E-state index contributed by atoms with van der Waals surface area (Å²) in [6.45, 7) is 4.07. The fourth-order valence-electron chi connectivity index (χ4n) is 1.89. The van der Waals surface area contributed by atoms with E-state index in [1.165, 1.54) is 0 Å².